The summed E-state index contributed by atoms with van der Waals surface area (Å²) in [6, 6.07) is 1.76. The zero-order valence-electron chi connectivity index (χ0n) is 13.3. The Morgan fingerprint density at radius 2 is 2.22 bits per heavy atom. The van der Waals surface area contributed by atoms with E-state index >= 15 is 0 Å². The number of alkyl halides is 1. The van der Waals surface area contributed by atoms with Crippen LogP contribution in [0.25, 0.3) is 0 Å². The molecule has 0 amide bonds. The Morgan fingerprint density at radius 1 is 1.39 bits per heavy atom. The number of halogens is 2. The van der Waals surface area contributed by atoms with E-state index in [1.165, 1.54) is 6.26 Å². The van der Waals surface area contributed by atoms with E-state index in [0.29, 0.717) is 5.22 Å². The van der Waals surface area contributed by atoms with Gasteiger partial charge in [-0.2, -0.15) is 0 Å². The van der Waals surface area contributed by atoms with Crippen LogP contribution in [-0.4, -0.2) is 37.1 Å². The third kappa shape index (κ3) is 3.56. The Hall–Kier alpha value is -0.660. The van der Waals surface area contributed by atoms with Gasteiger partial charge in [0.05, 0.1) is 19.0 Å². The molecule has 3 heterocycles. The zero-order chi connectivity index (χ0) is 16.4. The molecule has 0 aliphatic carbocycles. The van der Waals surface area contributed by atoms with Crippen molar-refractivity contribution < 1.29 is 27.8 Å². The Morgan fingerprint density at radius 3 is 2.87 bits per heavy atom. The second-order valence-electron chi connectivity index (χ2n) is 6.15. The summed E-state index contributed by atoms with van der Waals surface area (Å²) in [4.78, 5) is 0. The van der Waals surface area contributed by atoms with E-state index < -0.39 is 24.9 Å². The van der Waals surface area contributed by atoms with E-state index in [9.17, 15) is 4.39 Å². The van der Waals surface area contributed by atoms with Gasteiger partial charge in [0, 0.05) is 5.56 Å². The topological polar surface area (TPSA) is 50.1 Å². The fraction of sp³-hybridized carbons (Fsp3) is 0.750. The van der Waals surface area contributed by atoms with Crippen molar-refractivity contribution in [3.05, 3.63) is 23.1 Å². The Kier molecular flexibility index (Phi) is 5.28. The van der Waals surface area contributed by atoms with Gasteiger partial charge in [-0.25, -0.2) is 4.39 Å². The zero-order valence-corrected chi connectivity index (χ0v) is 14.1. The number of ether oxygens (including phenoxy) is 4. The van der Waals surface area contributed by atoms with E-state index in [1.54, 1.807) is 13.0 Å². The van der Waals surface area contributed by atoms with Gasteiger partial charge in [-0.1, -0.05) is 19.8 Å². The van der Waals surface area contributed by atoms with Crippen molar-refractivity contribution in [3.63, 3.8) is 0 Å². The largest absolute Gasteiger partial charge is 0.453 e. The third-order valence-corrected chi connectivity index (χ3v) is 4.56. The van der Waals surface area contributed by atoms with Crippen LogP contribution in [0.1, 0.15) is 38.7 Å². The summed E-state index contributed by atoms with van der Waals surface area (Å²) in [7, 11) is 0. The minimum atomic E-state index is -1.26. The van der Waals surface area contributed by atoms with E-state index in [-0.39, 0.29) is 18.8 Å². The first kappa shape index (κ1) is 17.2. The fourth-order valence-corrected chi connectivity index (χ4v) is 3.15. The predicted octanol–water partition coefficient (Wildman–Crippen LogP) is 3.83. The molecule has 0 saturated carbocycles. The Balaban J connectivity index is 1.68. The van der Waals surface area contributed by atoms with Crippen molar-refractivity contribution in [2.24, 2.45) is 0 Å². The van der Waals surface area contributed by atoms with Crippen LogP contribution in [0.2, 0.25) is 5.22 Å². The third-order valence-electron chi connectivity index (χ3n) is 4.23. The molecule has 130 valence electrons. The number of furan rings is 1. The van der Waals surface area contributed by atoms with Gasteiger partial charge in [0.25, 0.3) is 0 Å². The predicted molar refractivity (Wildman–Crippen MR) is 80.8 cm³/mol. The monoisotopic (exact) mass is 348 g/mol. The molecule has 5 nitrogen and oxygen atoms in total. The molecule has 1 aromatic heterocycles. The molecule has 2 aliphatic heterocycles. The molecule has 2 aliphatic rings. The molecule has 2 fully saturated rings. The number of unbranched alkanes of at least 4 members (excludes halogenated alkanes) is 1. The molecule has 0 N–H and O–H groups in total. The number of rotatable bonds is 7. The second-order valence-corrected chi connectivity index (χ2v) is 6.49. The molecular weight excluding hydrogens is 327 g/mol. The summed E-state index contributed by atoms with van der Waals surface area (Å²) in [5.41, 5.74) is 0.761. The van der Waals surface area contributed by atoms with Crippen LogP contribution in [0.15, 0.2) is 16.7 Å². The molecule has 23 heavy (non-hydrogen) atoms. The molecule has 0 spiro atoms. The summed E-state index contributed by atoms with van der Waals surface area (Å²) in [6.45, 7) is 3.23. The van der Waals surface area contributed by atoms with Gasteiger partial charge in [-0.05, 0) is 31.0 Å². The molecule has 1 unspecified atom stereocenters. The van der Waals surface area contributed by atoms with Crippen LogP contribution in [0.5, 0.6) is 0 Å². The van der Waals surface area contributed by atoms with Crippen LogP contribution in [0.4, 0.5) is 4.39 Å². The quantitative estimate of drug-likeness (QED) is 0.749. The number of fused-ring (bicyclic) bond motifs is 1. The summed E-state index contributed by atoms with van der Waals surface area (Å²) in [5.74, 6) is -1.26. The number of hydrogen-bond acceptors (Lipinski definition) is 5. The summed E-state index contributed by atoms with van der Waals surface area (Å²) in [6.07, 6.45) is 2.91. The van der Waals surface area contributed by atoms with Crippen LogP contribution in [-0.2, 0) is 25.6 Å². The highest BCUT2D eigenvalue weighted by atomic mass is 35.5. The minimum Gasteiger partial charge on any atom is -0.453 e. The van der Waals surface area contributed by atoms with E-state index in [1.807, 2.05) is 0 Å². The van der Waals surface area contributed by atoms with Crippen molar-refractivity contribution >= 4 is 11.6 Å². The lowest BCUT2D eigenvalue weighted by Gasteiger charge is -2.26. The highest BCUT2D eigenvalue weighted by Crippen LogP contribution is 2.40. The molecule has 1 aromatic rings. The first-order valence-electron chi connectivity index (χ1n) is 7.97. The first-order chi connectivity index (χ1) is 11.1. The smallest absolute Gasteiger partial charge is 0.198 e. The van der Waals surface area contributed by atoms with Gasteiger partial charge in [0.1, 0.15) is 18.9 Å². The van der Waals surface area contributed by atoms with Crippen molar-refractivity contribution in [2.75, 3.05) is 6.67 Å². The van der Waals surface area contributed by atoms with E-state index in [4.69, 9.17) is 35.0 Å². The van der Waals surface area contributed by atoms with Crippen LogP contribution < -0.4 is 0 Å². The second kappa shape index (κ2) is 7.07. The average molecular weight is 349 g/mol. The van der Waals surface area contributed by atoms with Gasteiger partial charge in [0.15, 0.2) is 17.3 Å². The first-order valence-corrected chi connectivity index (χ1v) is 8.34. The van der Waals surface area contributed by atoms with E-state index in [0.717, 1.165) is 24.8 Å². The van der Waals surface area contributed by atoms with Gasteiger partial charge in [-0.15, -0.1) is 0 Å². The van der Waals surface area contributed by atoms with Gasteiger partial charge in [0.2, 0.25) is 0 Å². The van der Waals surface area contributed by atoms with Gasteiger partial charge >= 0.3 is 0 Å². The highest BCUT2D eigenvalue weighted by molar-refractivity contribution is 6.29. The van der Waals surface area contributed by atoms with E-state index in [2.05, 4.69) is 6.92 Å². The maximum atomic E-state index is 13.1. The molecule has 2 saturated heterocycles. The Bertz CT molecular complexity index is 524. The van der Waals surface area contributed by atoms with Crippen molar-refractivity contribution in [1.82, 2.24) is 0 Å². The molecule has 0 radical (unpaired) electrons. The highest BCUT2D eigenvalue weighted by Gasteiger charge is 2.56. The maximum Gasteiger partial charge on any atom is 0.198 e. The Labute approximate surface area is 140 Å². The van der Waals surface area contributed by atoms with Crippen molar-refractivity contribution in [3.8, 4) is 0 Å². The van der Waals surface area contributed by atoms with Crippen LogP contribution in [0.3, 0.4) is 0 Å². The summed E-state index contributed by atoms with van der Waals surface area (Å²) >= 11 is 5.94. The van der Waals surface area contributed by atoms with Crippen molar-refractivity contribution in [2.45, 2.75) is 70.1 Å². The minimum absolute atomic E-state index is 0.139. The average Bonchev–Trinajstić information content (AvgIpc) is 3.17. The van der Waals surface area contributed by atoms with Crippen molar-refractivity contribution in [1.29, 1.82) is 0 Å². The standard InChI is InChI=1S/C16H22ClFO5/c1-3-4-5-11-12(20-8-10-6-7-19-14(10)17)13-15(21-11)23-16(2,9-18)22-13/h6-7,11-13,15H,3-5,8-9H2,1-2H3/t11-,12+,13-,15-,16?/m1/s1. The summed E-state index contributed by atoms with van der Waals surface area (Å²) in [5, 5.41) is 0.308. The van der Waals surface area contributed by atoms with Crippen LogP contribution in [0, 0.1) is 0 Å². The van der Waals surface area contributed by atoms with Gasteiger partial charge < -0.3 is 23.4 Å². The molecule has 3 rings (SSSR count). The number of hydrogen-bond donors (Lipinski definition) is 0. The molecule has 5 atom stereocenters. The van der Waals surface area contributed by atoms with Crippen LogP contribution >= 0.6 is 11.6 Å². The molecular formula is C16H22ClFO5. The molecule has 0 aromatic carbocycles. The normalized spacial score (nSPS) is 36.5. The summed E-state index contributed by atoms with van der Waals surface area (Å²) < 4.78 is 41.4. The maximum absolute atomic E-state index is 13.1. The lowest BCUT2D eigenvalue weighted by atomic mass is 10.1. The lowest BCUT2D eigenvalue weighted by Crippen LogP contribution is -2.38. The van der Waals surface area contributed by atoms with Gasteiger partial charge in [-0.3, -0.25) is 0 Å². The molecule has 7 heteroatoms. The lowest BCUT2D eigenvalue weighted by molar-refractivity contribution is -0.234. The SMILES string of the molecule is CCCC[C@H]1O[C@@H]2OC(C)(CF)O[C@@H]2[C@H]1OCc1ccoc1Cl. The fourth-order valence-electron chi connectivity index (χ4n) is 2.98. The molecule has 0 bridgehead atoms.